The molecule has 140 valence electrons. The van der Waals surface area contributed by atoms with Crippen molar-refractivity contribution in [2.24, 2.45) is 5.92 Å². The van der Waals surface area contributed by atoms with E-state index >= 15 is 0 Å². The van der Waals surface area contributed by atoms with E-state index in [0.29, 0.717) is 6.54 Å². The molecule has 4 rings (SSSR count). The van der Waals surface area contributed by atoms with Crippen molar-refractivity contribution in [1.82, 2.24) is 10.2 Å². The van der Waals surface area contributed by atoms with Crippen molar-refractivity contribution < 1.29 is 9.90 Å². The zero-order valence-corrected chi connectivity index (χ0v) is 16.2. The minimum atomic E-state index is -0.853. The van der Waals surface area contributed by atoms with Gasteiger partial charge >= 0.3 is 6.09 Å². The van der Waals surface area contributed by atoms with Crippen molar-refractivity contribution in [3.63, 3.8) is 0 Å². The molecule has 1 amide bonds. The van der Waals surface area contributed by atoms with Gasteiger partial charge in [-0.3, -0.25) is 0 Å². The second-order valence-electron chi connectivity index (χ2n) is 7.53. The number of amides is 1. The highest BCUT2D eigenvalue weighted by Crippen LogP contribution is 2.44. The molecule has 5 heteroatoms. The van der Waals surface area contributed by atoms with Gasteiger partial charge in [0.25, 0.3) is 0 Å². The van der Waals surface area contributed by atoms with Crippen molar-refractivity contribution in [1.29, 1.82) is 0 Å². The molecule has 1 fully saturated rings. The van der Waals surface area contributed by atoms with Gasteiger partial charge in [0, 0.05) is 31.0 Å². The lowest BCUT2D eigenvalue weighted by atomic mass is 9.92. The molecule has 2 aromatic carbocycles. The fourth-order valence-corrected chi connectivity index (χ4v) is 4.69. The van der Waals surface area contributed by atoms with E-state index in [2.05, 4.69) is 53.8 Å². The number of rotatable bonds is 3. The average Bonchev–Trinajstić information content (AvgIpc) is 3.00. The Morgan fingerprint density at radius 2 is 1.70 bits per heavy atom. The van der Waals surface area contributed by atoms with Crippen molar-refractivity contribution in [2.75, 3.05) is 13.1 Å². The number of piperidine rings is 1. The summed E-state index contributed by atoms with van der Waals surface area (Å²) in [5.74, 6) is 0.368. The summed E-state index contributed by atoms with van der Waals surface area (Å²) in [6.45, 7) is 3.19. The van der Waals surface area contributed by atoms with Gasteiger partial charge in [-0.05, 0) is 42.0 Å². The van der Waals surface area contributed by atoms with Gasteiger partial charge in [0.15, 0.2) is 0 Å². The van der Waals surface area contributed by atoms with Crippen LogP contribution in [0, 0.1) is 5.92 Å². The van der Waals surface area contributed by atoms with Crippen molar-refractivity contribution >= 4 is 23.3 Å². The molecule has 4 nitrogen and oxygen atoms in total. The second kappa shape index (κ2) is 7.31. The molecule has 0 saturated carbocycles. The summed E-state index contributed by atoms with van der Waals surface area (Å²) >= 11 is 5.65. The molecular weight excluding hydrogens is 356 g/mol. The number of thiocarbonyl (C=S) groups is 1. The molecule has 2 N–H and O–H groups in total. The minimum Gasteiger partial charge on any atom is -0.465 e. The lowest BCUT2D eigenvalue weighted by molar-refractivity contribution is 0.104. The Morgan fingerprint density at radius 3 is 2.30 bits per heavy atom. The summed E-state index contributed by atoms with van der Waals surface area (Å²) in [7, 11) is 0. The number of nitrogens with one attached hydrogen (secondary N) is 1. The monoisotopic (exact) mass is 380 g/mol. The Balaban J connectivity index is 1.47. The number of nitrogens with zero attached hydrogens (tertiary/aromatic N) is 1. The highest BCUT2D eigenvalue weighted by molar-refractivity contribution is 7.80. The van der Waals surface area contributed by atoms with Gasteiger partial charge in [0.1, 0.15) is 0 Å². The van der Waals surface area contributed by atoms with Gasteiger partial charge in [-0.25, -0.2) is 4.79 Å². The van der Waals surface area contributed by atoms with Crippen molar-refractivity contribution in [2.45, 2.75) is 31.7 Å². The molecule has 2 aliphatic rings. The molecule has 27 heavy (non-hydrogen) atoms. The van der Waals surface area contributed by atoms with Gasteiger partial charge in [-0.15, -0.1) is 0 Å². The fourth-order valence-electron chi connectivity index (χ4n) is 4.41. The molecule has 0 unspecified atom stereocenters. The normalized spacial score (nSPS) is 21.4. The van der Waals surface area contributed by atoms with E-state index < -0.39 is 6.09 Å². The standard InChI is InChI=1S/C22H24N2O2S/c1-14-10-11-15(13-24(14)22(25)26)21(27)23-12-20-18-8-4-2-6-16(18)17-7-3-5-9-19(17)20/h2-9,14-15,20H,10-13H2,1H3,(H,23,27)(H,25,26)/t14-,15-/m1/s1. The zero-order valence-electron chi connectivity index (χ0n) is 15.4. The van der Waals surface area contributed by atoms with Crippen LogP contribution in [-0.4, -0.2) is 40.2 Å². The van der Waals surface area contributed by atoms with E-state index in [1.807, 2.05) is 6.92 Å². The maximum absolute atomic E-state index is 11.4. The Kier molecular flexibility index (Phi) is 4.87. The van der Waals surface area contributed by atoms with E-state index in [9.17, 15) is 9.90 Å². The predicted octanol–water partition coefficient (Wildman–Crippen LogP) is 4.49. The van der Waals surface area contributed by atoms with Crippen LogP contribution in [0.4, 0.5) is 4.79 Å². The van der Waals surface area contributed by atoms with Gasteiger partial charge in [-0.2, -0.15) is 0 Å². The largest absolute Gasteiger partial charge is 0.465 e. The number of hydrogen-bond acceptors (Lipinski definition) is 2. The molecule has 2 atom stereocenters. The lowest BCUT2D eigenvalue weighted by Gasteiger charge is -2.36. The van der Waals surface area contributed by atoms with E-state index in [-0.39, 0.29) is 17.9 Å². The number of carboxylic acid groups (broad SMARTS) is 1. The first-order valence-electron chi connectivity index (χ1n) is 9.51. The van der Waals surface area contributed by atoms with Gasteiger partial charge in [0.05, 0.1) is 4.99 Å². The van der Waals surface area contributed by atoms with Crippen LogP contribution in [0.2, 0.25) is 0 Å². The summed E-state index contributed by atoms with van der Waals surface area (Å²) < 4.78 is 0. The van der Waals surface area contributed by atoms with Crippen LogP contribution in [-0.2, 0) is 0 Å². The molecule has 0 aromatic heterocycles. The molecule has 0 radical (unpaired) electrons. The number of likely N-dealkylation sites (tertiary alicyclic amines) is 1. The van der Waals surface area contributed by atoms with Gasteiger partial charge < -0.3 is 15.3 Å². The third-order valence-electron chi connectivity index (χ3n) is 5.94. The van der Waals surface area contributed by atoms with E-state index in [0.717, 1.165) is 24.4 Å². The molecule has 1 saturated heterocycles. The molecule has 2 aromatic rings. The zero-order chi connectivity index (χ0) is 19.0. The highest BCUT2D eigenvalue weighted by atomic mass is 32.1. The molecule has 1 aliphatic carbocycles. The quantitative estimate of drug-likeness (QED) is 0.770. The Hall–Kier alpha value is -2.40. The third kappa shape index (κ3) is 3.32. The molecule has 0 spiro atoms. The predicted molar refractivity (Wildman–Crippen MR) is 111 cm³/mol. The van der Waals surface area contributed by atoms with Crippen LogP contribution in [0.1, 0.15) is 36.8 Å². The van der Waals surface area contributed by atoms with Crippen LogP contribution in [0.25, 0.3) is 11.1 Å². The van der Waals surface area contributed by atoms with Crippen LogP contribution in [0.15, 0.2) is 48.5 Å². The summed E-state index contributed by atoms with van der Waals surface area (Å²) in [5.41, 5.74) is 5.26. The number of carbonyl (C=O) groups is 1. The van der Waals surface area contributed by atoms with Crippen LogP contribution in [0.3, 0.4) is 0 Å². The van der Waals surface area contributed by atoms with E-state index in [4.69, 9.17) is 12.2 Å². The second-order valence-corrected chi connectivity index (χ2v) is 7.97. The van der Waals surface area contributed by atoms with Crippen LogP contribution in [0.5, 0.6) is 0 Å². The Bertz CT molecular complexity index is 837. The first-order chi connectivity index (χ1) is 13.1. The summed E-state index contributed by atoms with van der Waals surface area (Å²) in [5, 5.41) is 12.9. The first-order valence-corrected chi connectivity index (χ1v) is 9.92. The smallest absolute Gasteiger partial charge is 0.407 e. The Morgan fingerprint density at radius 1 is 1.11 bits per heavy atom. The van der Waals surface area contributed by atoms with Gasteiger partial charge in [-0.1, -0.05) is 60.7 Å². The number of fused-ring (bicyclic) bond motifs is 3. The van der Waals surface area contributed by atoms with Gasteiger partial charge in [0.2, 0.25) is 0 Å². The molecular formula is C22H24N2O2S. The Labute approximate surface area is 165 Å². The summed E-state index contributed by atoms with van der Waals surface area (Å²) in [4.78, 5) is 13.7. The minimum absolute atomic E-state index is 0.0649. The molecule has 0 bridgehead atoms. The van der Waals surface area contributed by atoms with E-state index in [1.165, 1.54) is 27.2 Å². The number of hydrogen-bond donors (Lipinski definition) is 2. The topological polar surface area (TPSA) is 52.6 Å². The van der Waals surface area contributed by atoms with Crippen LogP contribution >= 0.6 is 12.2 Å². The maximum Gasteiger partial charge on any atom is 0.407 e. The van der Waals surface area contributed by atoms with Crippen molar-refractivity contribution in [3.8, 4) is 11.1 Å². The first kappa shape index (κ1) is 18.0. The molecule has 1 heterocycles. The summed E-state index contributed by atoms with van der Waals surface area (Å²) in [6.07, 6.45) is 0.941. The highest BCUT2D eigenvalue weighted by Gasteiger charge is 2.32. The number of benzene rings is 2. The van der Waals surface area contributed by atoms with Crippen LogP contribution < -0.4 is 5.32 Å². The molecule has 1 aliphatic heterocycles. The lowest BCUT2D eigenvalue weighted by Crippen LogP contribution is -2.48. The van der Waals surface area contributed by atoms with E-state index in [1.54, 1.807) is 0 Å². The third-order valence-corrected chi connectivity index (χ3v) is 6.42. The van der Waals surface area contributed by atoms with Crippen molar-refractivity contribution in [3.05, 3.63) is 59.7 Å². The fraction of sp³-hybridized carbons (Fsp3) is 0.364. The average molecular weight is 381 g/mol. The maximum atomic E-state index is 11.4. The summed E-state index contributed by atoms with van der Waals surface area (Å²) in [6, 6.07) is 17.2. The SMILES string of the molecule is C[C@@H]1CC[C@@H](C(=S)NCC2c3ccccc3-c3ccccc32)CN1C(=O)O.